The van der Waals surface area contributed by atoms with Crippen molar-refractivity contribution in [3.05, 3.63) is 102 Å². The SMILES string of the molecule is CCC1(Cn2ccc(-c3ccc4ncnc(Nc5ccc(OCc6cccc(F)c6)c(Cl)c5)c4c3)c2)COC1. The summed E-state index contributed by atoms with van der Waals surface area (Å²) < 4.78 is 27.0. The van der Waals surface area contributed by atoms with Crippen molar-refractivity contribution >= 4 is 34.0 Å². The van der Waals surface area contributed by atoms with Crippen LogP contribution in [0.4, 0.5) is 15.9 Å². The highest BCUT2D eigenvalue weighted by atomic mass is 35.5. The zero-order chi connectivity index (χ0) is 26.8. The zero-order valence-corrected chi connectivity index (χ0v) is 22.3. The lowest BCUT2D eigenvalue weighted by Gasteiger charge is -2.41. The Balaban J connectivity index is 1.20. The predicted molar refractivity (Wildman–Crippen MR) is 152 cm³/mol. The van der Waals surface area contributed by atoms with E-state index in [0.717, 1.165) is 59.5 Å². The summed E-state index contributed by atoms with van der Waals surface area (Å²) in [5.74, 6) is 0.902. The van der Waals surface area contributed by atoms with Gasteiger partial charge in [-0.15, -0.1) is 0 Å². The minimum absolute atomic E-state index is 0.221. The molecule has 0 unspecified atom stereocenters. The number of anilines is 2. The van der Waals surface area contributed by atoms with Crippen molar-refractivity contribution in [2.45, 2.75) is 26.5 Å². The maximum Gasteiger partial charge on any atom is 0.141 e. The highest BCUT2D eigenvalue weighted by molar-refractivity contribution is 6.32. The molecule has 0 atom stereocenters. The van der Waals surface area contributed by atoms with E-state index < -0.39 is 0 Å². The van der Waals surface area contributed by atoms with Crippen molar-refractivity contribution in [1.82, 2.24) is 14.5 Å². The molecule has 39 heavy (non-hydrogen) atoms. The molecule has 0 saturated carbocycles. The normalized spacial score (nSPS) is 14.2. The first-order chi connectivity index (χ1) is 19.0. The molecule has 1 aliphatic rings. The molecule has 0 bridgehead atoms. The van der Waals surface area contributed by atoms with Gasteiger partial charge in [-0.25, -0.2) is 14.4 Å². The van der Waals surface area contributed by atoms with Crippen molar-refractivity contribution in [3.63, 3.8) is 0 Å². The highest BCUT2D eigenvalue weighted by Crippen LogP contribution is 2.35. The number of rotatable bonds is 9. The van der Waals surface area contributed by atoms with E-state index in [0.29, 0.717) is 16.6 Å². The molecule has 0 amide bonds. The van der Waals surface area contributed by atoms with Gasteiger partial charge in [-0.3, -0.25) is 0 Å². The molecule has 1 saturated heterocycles. The fourth-order valence-corrected chi connectivity index (χ4v) is 5.09. The monoisotopic (exact) mass is 542 g/mol. The van der Waals surface area contributed by atoms with Crippen molar-refractivity contribution < 1.29 is 13.9 Å². The summed E-state index contributed by atoms with van der Waals surface area (Å²) in [5.41, 5.74) is 4.81. The van der Waals surface area contributed by atoms with E-state index in [2.05, 4.69) is 57.4 Å². The van der Waals surface area contributed by atoms with Gasteiger partial charge in [0.15, 0.2) is 0 Å². The topological polar surface area (TPSA) is 61.2 Å². The van der Waals surface area contributed by atoms with Gasteiger partial charge in [0.05, 0.1) is 23.8 Å². The standard InChI is InChI=1S/C31H28ClFN4O2/c1-2-31(18-38-19-31)17-37-11-10-23(15-37)22-6-8-28-26(13-22)30(35-20-34-28)36-25-7-9-29(27(32)14-25)39-16-21-4-3-5-24(33)12-21/h3-15,20H,2,16-19H2,1H3,(H,34,35,36). The molecule has 0 radical (unpaired) electrons. The molecule has 6 rings (SSSR count). The quantitative estimate of drug-likeness (QED) is 0.207. The summed E-state index contributed by atoms with van der Waals surface area (Å²) in [6.07, 6.45) is 6.97. The van der Waals surface area contributed by atoms with Crippen molar-refractivity contribution in [2.75, 3.05) is 18.5 Å². The van der Waals surface area contributed by atoms with Crippen LogP contribution in [0.1, 0.15) is 18.9 Å². The fraction of sp³-hybridized carbons (Fsp3) is 0.226. The van der Waals surface area contributed by atoms with Crippen LogP contribution >= 0.6 is 11.6 Å². The lowest BCUT2D eigenvalue weighted by molar-refractivity contribution is -0.123. The molecule has 6 nitrogen and oxygen atoms in total. The summed E-state index contributed by atoms with van der Waals surface area (Å²) in [7, 11) is 0. The number of hydrogen-bond acceptors (Lipinski definition) is 5. The van der Waals surface area contributed by atoms with Crippen LogP contribution in [-0.2, 0) is 17.9 Å². The second-order valence-corrected chi connectivity index (χ2v) is 10.5. The summed E-state index contributed by atoms with van der Waals surface area (Å²) in [6, 6.07) is 20.1. The third-order valence-electron chi connectivity index (χ3n) is 7.28. The average molecular weight is 543 g/mol. The van der Waals surface area contributed by atoms with Crippen molar-refractivity contribution in [2.24, 2.45) is 5.41 Å². The van der Waals surface area contributed by atoms with E-state index in [1.54, 1.807) is 30.6 Å². The van der Waals surface area contributed by atoms with Gasteiger partial charge in [0.1, 0.15) is 30.3 Å². The zero-order valence-electron chi connectivity index (χ0n) is 21.5. The third-order valence-corrected chi connectivity index (χ3v) is 7.58. The number of aromatic nitrogens is 3. The maximum absolute atomic E-state index is 13.4. The molecule has 8 heteroatoms. The van der Waals surface area contributed by atoms with Crippen LogP contribution in [0.25, 0.3) is 22.0 Å². The predicted octanol–water partition coefficient (Wildman–Crippen LogP) is 7.64. The Hall–Kier alpha value is -3.94. The fourth-order valence-electron chi connectivity index (χ4n) is 4.85. The van der Waals surface area contributed by atoms with E-state index in [-0.39, 0.29) is 17.8 Å². The van der Waals surface area contributed by atoms with Crippen LogP contribution in [0.5, 0.6) is 5.75 Å². The van der Waals surface area contributed by atoms with Crippen LogP contribution in [-0.4, -0.2) is 27.7 Å². The van der Waals surface area contributed by atoms with Gasteiger partial charge in [-0.1, -0.05) is 36.7 Å². The molecule has 198 valence electrons. The van der Waals surface area contributed by atoms with Gasteiger partial charge >= 0.3 is 0 Å². The van der Waals surface area contributed by atoms with E-state index in [1.807, 2.05) is 12.1 Å². The van der Waals surface area contributed by atoms with Crippen LogP contribution in [0, 0.1) is 11.2 Å². The van der Waals surface area contributed by atoms with Gasteiger partial charge in [-0.05, 0) is 71.6 Å². The second-order valence-electron chi connectivity index (χ2n) is 10.1. The first-order valence-electron chi connectivity index (χ1n) is 12.9. The van der Waals surface area contributed by atoms with E-state index >= 15 is 0 Å². The number of fused-ring (bicyclic) bond motifs is 1. The van der Waals surface area contributed by atoms with Crippen LogP contribution < -0.4 is 10.1 Å². The lowest BCUT2D eigenvalue weighted by Crippen LogP contribution is -2.45. The number of nitrogens with zero attached hydrogens (tertiary/aromatic N) is 3. The number of halogens is 2. The van der Waals surface area contributed by atoms with Crippen molar-refractivity contribution in [1.29, 1.82) is 0 Å². The number of ether oxygens (including phenoxy) is 2. The van der Waals surface area contributed by atoms with Crippen molar-refractivity contribution in [3.8, 4) is 16.9 Å². The van der Waals surface area contributed by atoms with Gasteiger partial charge in [0, 0.05) is 35.4 Å². The highest BCUT2D eigenvalue weighted by Gasteiger charge is 2.36. The van der Waals surface area contributed by atoms with Gasteiger partial charge in [0.25, 0.3) is 0 Å². The Morgan fingerprint density at radius 3 is 2.72 bits per heavy atom. The van der Waals surface area contributed by atoms with Crippen LogP contribution in [0.2, 0.25) is 5.02 Å². The minimum atomic E-state index is -0.298. The maximum atomic E-state index is 13.4. The first kappa shape index (κ1) is 25.3. The number of nitrogens with one attached hydrogen (secondary N) is 1. The molecule has 0 spiro atoms. The molecule has 5 aromatic rings. The smallest absolute Gasteiger partial charge is 0.141 e. The summed E-state index contributed by atoms with van der Waals surface area (Å²) in [4.78, 5) is 8.96. The average Bonchev–Trinajstić information content (AvgIpc) is 3.39. The summed E-state index contributed by atoms with van der Waals surface area (Å²) >= 11 is 6.51. The molecule has 3 heterocycles. The van der Waals surface area contributed by atoms with Crippen LogP contribution in [0.3, 0.4) is 0 Å². The number of hydrogen-bond donors (Lipinski definition) is 1. The van der Waals surface area contributed by atoms with Gasteiger partial charge in [-0.2, -0.15) is 0 Å². The minimum Gasteiger partial charge on any atom is -0.487 e. The molecule has 0 aliphatic carbocycles. The Labute approximate surface area is 231 Å². The Morgan fingerprint density at radius 2 is 1.95 bits per heavy atom. The van der Waals surface area contributed by atoms with Crippen LogP contribution in [0.15, 0.2) is 85.5 Å². The summed E-state index contributed by atoms with van der Waals surface area (Å²) in [6.45, 7) is 5.05. The molecule has 1 N–H and O–H groups in total. The van der Waals surface area contributed by atoms with E-state index in [4.69, 9.17) is 21.1 Å². The molecule has 1 fully saturated rings. The molecular formula is C31H28ClFN4O2. The van der Waals surface area contributed by atoms with Gasteiger partial charge < -0.3 is 19.4 Å². The largest absolute Gasteiger partial charge is 0.487 e. The molecule has 1 aliphatic heterocycles. The number of benzene rings is 3. The Bertz CT molecular complexity index is 1630. The summed E-state index contributed by atoms with van der Waals surface area (Å²) in [5, 5.41) is 4.72. The molecule has 2 aromatic heterocycles. The molecular weight excluding hydrogens is 515 g/mol. The Morgan fingerprint density at radius 1 is 1.05 bits per heavy atom. The van der Waals surface area contributed by atoms with E-state index in [9.17, 15) is 4.39 Å². The second kappa shape index (κ2) is 10.7. The Kier molecular flexibility index (Phi) is 6.94. The van der Waals surface area contributed by atoms with E-state index in [1.165, 1.54) is 12.1 Å². The third kappa shape index (κ3) is 5.46. The first-order valence-corrected chi connectivity index (χ1v) is 13.3. The molecule has 3 aromatic carbocycles. The lowest BCUT2D eigenvalue weighted by atomic mass is 9.83. The van der Waals surface area contributed by atoms with Gasteiger partial charge in [0.2, 0.25) is 0 Å².